The summed E-state index contributed by atoms with van der Waals surface area (Å²) >= 11 is 0. The zero-order chi connectivity index (χ0) is 16.7. The molecule has 4 rings (SSSR count). The first-order valence-corrected chi connectivity index (χ1v) is 9.34. The average molecular weight is 326 g/mol. The number of amides is 2. The van der Waals surface area contributed by atoms with E-state index in [4.69, 9.17) is 0 Å². The molecular weight excluding hydrogens is 300 g/mol. The first-order chi connectivity index (χ1) is 11.7. The number of carbonyl (C=O) groups is 2. The van der Waals surface area contributed by atoms with Gasteiger partial charge in [0.15, 0.2) is 0 Å². The molecule has 1 saturated heterocycles. The lowest BCUT2D eigenvalue weighted by atomic mass is 9.84. The second kappa shape index (κ2) is 6.23. The van der Waals surface area contributed by atoms with Crippen LogP contribution in [0, 0.1) is 5.92 Å². The summed E-state index contributed by atoms with van der Waals surface area (Å²) in [7, 11) is 0. The van der Waals surface area contributed by atoms with Crippen molar-refractivity contribution in [2.45, 2.75) is 57.5 Å². The molecule has 0 bridgehead atoms. The molecule has 1 aliphatic carbocycles. The van der Waals surface area contributed by atoms with E-state index in [-0.39, 0.29) is 36.4 Å². The maximum Gasteiger partial charge on any atom is 0.242 e. The van der Waals surface area contributed by atoms with Gasteiger partial charge in [0.05, 0.1) is 12.1 Å². The third kappa shape index (κ3) is 2.52. The summed E-state index contributed by atoms with van der Waals surface area (Å²) < 4.78 is 0. The molecule has 0 aromatic heterocycles. The first kappa shape index (κ1) is 15.7. The molecule has 2 heterocycles. The summed E-state index contributed by atoms with van der Waals surface area (Å²) in [4.78, 5) is 29.6. The Hall–Kier alpha value is -1.84. The molecule has 3 aliphatic rings. The third-order valence-corrected chi connectivity index (χ3v) is 6.14. The molecule has 2 amide bonds. The summed E-state index contributed by atoms with van der Waals surface area (Å²) in [5.41, 5.74) is 2.55. The Morgan fingerprint density at radius 1 is 1.12 bits per heavy atom. The van der Waals surface area contributed by atoms with Gasteiger partial charge in [-0.05, 0) is 37.3 Å². The van der Waals surface area contributed by atoms with Crippen molar-refractivity contribution in [1.29, 1.82) is 0 Å². The van der Waals surface area contributed by atoms with Gasteiger partial charge in [0.1, 0.15) is 6.54 Å². The topological polar surface area (TPSA) is 40.6 Å². The van der Waals surface area contributed by atoms with E-state index in [1.165, 1.54) is 17.5 Å². The van der Waals surface area contributed by atoms with Gasteiger partial charge in [0, 0.05) is 12.5 Å². The predicted molar refractivity (Wildman–Crippen MR) is 92.4 cm³/mol. The molecule has 2 fully saturated rings. The third-order valence-electron chi connectivity index (χ3n) is 6.14. The molecular formula is C20H26N2O2. The van der Waals surface area contributed by atoms with Gasteiger partial charge in [0.2, 0.25) is 11.8 Å². The first-order valence-electron chi connectivity index (χ1n) is 9.34. The highest BCUT2D eigenvalue weighted by atomic mass is 16.2. The molecule has 128 valence electrons. The lowest BCUT2D eigenvalue weighted by Gasteiger charge is -2.49. The quantitative estimate of drug-likeness (QED) is 0.796. The van der Waals surface area contributed by atoms with Crippen LogP contribution in [0.25, 0.3) is 0 Å². The molecule has 0 N–H and O–H groups in total. The van der Waals surface area contributed by atoms with E-state index in [0.717, 1.165) is 38.6 Å². The number of nitrogens with zero attached hydrogens (tertiary/aromatic N) is 2. The van der Waals surface area contributed by atoms with Crippen LogP contribution in [0.3, 0.4) is 0 Å². The van der Waals surface area contributed by atoms with Crippen LogP contribution in [0.15, 0.2) is 24.3 Å². The van der Waals surface area contributed by atoms with Crippen molar-refractivity contribution in [3.05, 3.63) is 35.4 Å². The molecule has 1 saturated carbocycles. The van der Waals surface area contributed by atoms with Gasteiger partial charge in [-0.25, -0.2) is 0 Å². The van der Waals surface area contributed by atoms with Gasteiger partial charge in [-0.3, -0.25) is 9.59 Å². The van der Waals surface area contributed by atoms with E-state index in [2.05, 4.69) is 25.1 Å². The van der Waals surface area contributed by atoms with Crippen LogP contribution in [0.2, 0.25) is 0 Å². The predicted octanol–water partition coefficient (Wildman–Crippen LogP) is 2.92. The summed E-state index contributed by atoms with van der Waals surface area (Å²) in [6, 6.07) is 8.47. The summed E-state index contributed by atoms with van der Waals surface area (Å²) in [6.45, 7) is 3.15. The fourth-order valence-corrected chi connectivity index (χ4v) is 4.81. The van der Waals surface area contributed by atoms with Crippen LogP contribution in [0.4, 0.5) is 0 Å². The normalized spacial score (nSPS) is 27.6. The zero-order valence-corrected chi connectivity index (χ0v) is 14.4. The molecule has 2 unspecified atom stereocenters. The minimum atomic E-state index is 0.0174. The highest BCUT2D eigenvalue weighted by Crippen LogP contribution is 2.38. The Morgan fingerprint density at radius 2 is 1.88 bits per heavy atom. The number of rotatable bonds is 1. The van der Waals surface area contributed by atoms with Crippen LogP contribution in [0.1, 0.15) is 56.2 Å². The minimum Gasteiger partial charge on any atom is -0.332 e. The number of fused-ring (bicyclic) bond motifs is 3. The molecule has 1 aromatic carbocycles. The summed E-state index contributed by atoms with van der Waals surface area (Å²) in [6.07, 6.45) is 6.42. The van der Waals surface area contributed by atoms with Gasteiger partial charge in [-0.1, -0.05) is 43.5 Å². The molecule has 0 radical (unpaired) electrons. The van der Waals surface area contributed by atoms with E-state index in [1.807, 2.05) is 15.9 Å². The lowest BCUT2D eigenvalue weighted by molar-refractivity contribution is -0.156. The maximum atomic E-state index is 13.1. The molecule has 1 aromatic rings. The van der Waals surface area contributed by atoms with E-state index in [9.17, 15) is 9.59 Å². The molecule has 4 nitrogen and oxygen atoms in total. The van der Waals surface area contributed by atoms with Crippen molar-refractivity contribution >= 4 is 11.8 Å². The highest BCUT2D eigenvalue weighted by Gasteiger charge is 2.44. The smallest absolute Gasteiger partial charge is 0.242 e. The van der Waals surface area contributed by atoms with Gasteiger partial charge < -0.3 is 9.80 Å². The molecule has 2 aliphatic heterocycles. The summed E-state index contributed by atoms with van der Waals surface area (Å²) in [5, 5.41) is 0. The fraction of sp³-hybridized carbons (Fsp3) is 0.600. The van der Waals surface area contributed by atoms with Crippen molar-refractivity contribution in [3.63, 3.8) is 0 Å². The van der Waals surface area contributed by atoms with Crippen molar-refractivity contribution in [1.82, 2.24) is 9.80 Å². The molecule has 24 heavy (non-hydrogen) atoms. The van der Waals surface area contributed by atoms with Crippen LogP contribution in [0.5, 0.6) is 0 Å². The van der Waals surface area contributed by atoms with E-state index < -0.39 is 0 Å². The largest absolute Gasteiger partial charge is 0.332 e. The van der Waals surface area contributed by atoms with Gasteiger partial charge in [-0.15, -0.1) is 0 Å². The van der Waals surface area contributed by atoms with Crippen molar-refractivity contribution in [3.8, 4) is 0 Å². The van der Waals surface area contributed by atoms with Crippen LogP contribution in [-0.2, 0) is 16.0 Å². The fourth-order valence-electron chi connectivity index (χ4n) is 4.81. The molecule has 0 spiro atoms. The summed E-state index contributed by atoms with van der Waals surface area (Å²) in [5.74, 6) is 0.439. The Bertz CT molecular complexity index is 651. The Labute approximate surface area is 143 Å². The highest BCUT2D eigenvalue weighted by molar-refractivity contribution is 5.88. The standard InChI is InChI=1S/C20H26N2O2/c1-14-19-17-10-6-5-7-15(17)11-12-21(19)18(23)13-22(14)20(24)16-8-3-2-4-9-16/h5-7,10,14,16,19H,2-4,8-9,11-13H2,1H3. The van der Waals surface area contributed by atoms with E-state index in [0.29, 0.717) is 0 Å². The van der Waals surface area contributed by atoms with Crippen LogP contribution >= 0.6 is 0 Å². The van der Waals surface area contributed by atoms with E-state index in [1.54, 1.807) is 0 Å². The lowest BCUT2D eigenvalue weighted by Crippen LogP contribution is -2.60. The Balaban J connectivity index is 1.63. The minimum absolute atomic E-state index is 0.0174. The number of hydrogen-bond donors (Lipinski definition) is 0. The second-order valence-electron chi connectivity index (χ2n) is 7.52. The Kier molecular flexibility index (Phi) is 4.07. The number of hydrogen-bond acceptors (Lipinski definition) is 2. The Morgan fingerprint density at radius 3 is 2.67 bits per heavy atom. The van der Waals surface area contributed by atoms with Crippen molar-refractivity contribution in [2.24, 2.45) is 5.92 Å². The SMILES string of the molecule is CC1C2c3ccccc3CCN2C(=O)CN1C(=O)C1CCCCC1. The molecule has 2 atom stereocenters. The van der Waals surface area contributed by atoms with E-state index >= 15 is 0 Å². The number of benzene rings is 1. The van der Waals surface area contributed by atoms with Crippen LogP contribution < -0.4 is 0 Å². The monoisotopic (exact) mass is 326 g/mol. The molecule has 4 heteroatoms. The van der Waals surface area contributed by atoms with Gasteiger partial charge in [0.25, 0.3) is 0 Å². The number of piperazine rings is 1. The maximum absolute atomic E-state index is 13.1. The second-order valence-corrected chi connectivity index (χ2v) is 7.52. The van der Waals surface area contributed by atoms with Crippen LogP contribution in [-0.4, -0.2) is 40.7 Å². The van der Waals surface area contributed by atoms with Crippen molar-refractivity contribution < 1.29 is 9.59 Å². The zero-order valence-electron chi connectivity index (χ0n) is 14.4. The van der Waals surface area contributed by atoms with Gasteiger partial charge in [-0.2, -0.15) is 0 Å². The average Bonchev–Trinajstić information content (AvgIpc) is 2.64. The van der Waals surface area contributed by atoms with Gasteiger partial charge >= 0.3 is 0 Å². The van der Waals surface area contributed by atoms with Crippen molar-refractivity contribution in [2.75, 3.05) is 13.1 Å². The number of carbonyl (C=O) groups excluding carboxylic acids is 2.